The molecule has 3 nitrogen and oxygen atoms in total. The van der Waals surface area contributed by atoms with Crippen LogP contribution in [0.2, 0.25) is 5.02 Å². The monoisotopic (exact) mass is 296 g/mol. The molecule has 2 heterocycles. The third-order valence-corrected chi connectivity index (χ3v) is 3.88. The molecule has 0 fully saturated rings. The third kappa shape index (κ3) is 2.35. The number of halogens is 1. The molecule has 0 saturated heterocycles. The fourth-order valence-corrected chi connectivity index (χ4v) is 2.76. The summed E-state index contributed by atoms with van der Waals surface area (Å²) in [5.74, 6) is 0. The summed E-state index contributed by atoms with van der Waals surface area (Å²) in [6.07, 6.45) is -0.233. The number of anilines is 1. The van der Waals surface area contributed by atoms with Crippen LogP contribution >= 0.6 is 11.6 Å². The molecule has 1 aliphatic rings. The molecule has 3 aromatic rings. The number of fused-ring (bicyclic) bond motifs is 2. The van der Waals surface area contributed by atoms with E-state index in [4.69, 9.17) is 16.3 Å². The van der Waals surface area contributed by atoms with Gasteiger partial charge in [-0.2, -0.15) is 0 Å². The summed E-state index contributed by atoms with van der Waals surface area (Å²) in [6.45, 7) is 0.530. The van der Waals surface area contributed by atoms with Crippen LogP contribution in [0.15, 0.2) is 54.6 Å². The fourth-order valence-electron chi connectivity index (χ4n) is 2.57. The van der Waals surface area contributed by atoms with Gasteiger partial charge in [0.15, 0.2) is 6.23 Å². The normalized spacial score (nSPS) is 17.3. The summed E-state index contributed by atoms with van der Waals surface area (Å²) >= 11 is 6.00. The van der Waals surface area contributed by atoms with E-state index >= 15 is 0 Å². The van der Waals surface area contributed by atoms with E-state index in [0.717, 1.165) is 32.9 Å². The molecule has 1 N–H and O–H groups in total. The predicted octanol–water partition coefficient (Wildman–Crippen LogP) is 4.53. The number of ether oxygens (including phenoxy) is 1. The minimum Gasteiger partial charge on any atom is -0.355 e. The van der Waals surface area contributed by atoms with Gasteiger partial charge in [-0.15, -0.1) is 0 Å². The van der Waals surface area contributed by atoms with Crippen LogP contribution in [-0.4, -0.2) is 4.98 Å². The Kier molecular flexibility index (Phi) is 3.02. The SMILES string of the molecule is Clc1ccc2c(c1)COC(c1ccc3ccccc3n1)N2. The smallest absolute Gasteiger partial charge is 0.171 e. The molecule has 2 aromatic carbocycles. The molecule has 0 amide bonds. The number of hydrogen-bond acceptors (Lipinski definition) is 3. The van der Waals surface area contributed by atoms with Crippen molar-refractivity contribution < 1.29 is 4.74 Å². The van der Waals surface area contributed by atoms with E-state index in [2.05, 4.69) is 22.4 Å². The first-order valence-electron chi connectivity index (χ1n) is 6.82. The van der Waals surface area contributed by atoms with Crippen LogP contribution in [0.4, 0.5) is 5.69 Å². The summed E-state index contributed by atoms with van der Waals surface area (Å²) in [5.41, 5.74) is 3.97. The first kappa shape index (κ1) is 12.6. The van der Waals surface area contributed by atoms with Gasteiger partial charge in [0.1, 0.15) is 0 Å². The van der Waals surface area contributed by atoms with E-state index < -0.39 is 0 Å². The van der Waals surface area contributed by atoms with E-state index in [1.807, 2.05) is 42.5 Å². The molecule has 0 bridgehead atoms. The molecule has 1 aromatic heterocycles. The van der Waals surface area contributed by atoms with E-state index in [1.54, 1.807) is 0 Å². The molecule has 4 heteroatoms. The molecule has 1 aliphatic heterocycles. The Balaban J connectivity index is 1.68. The molecule has 0 aliphatic carbocycles. The van der Waals surface area contributed by atoms with Crippen molar-refractivity contribution in [3.8, 4) is 0 Å². The number of rotatable bonds is 1. The van der Waals surface area contributed by atoms with Crippen LogP contribution in [0.25, 0.3) is 10.9 Å². The Hall–Kier alpha value is -2.10. The first-order valence-corrected chi connectivity index (χ1v) is 7.20. The van der Waals surface area contributed by atoms with Crippen LogP contribution < -0.4 is 5.32 Å². The number of para-hydroxylation sites is 1. The minimum absolute atomic E-state index is 0.233. The number of pyridine rings is 1. The zero-order valence-electron chi connectivity index (χ0n) is 11.2. The van der Waals surface area contributed by atoms with Gasteiger partial charge in [0.2, 0.25) is 0 Å². The Morgan fingerprint density at radius 1 is 1.10 bits per heavy atom. The van der Waals surface area contributed by atoms with Crippen molar-refractivity contribution in [2.24, 2.45) is 0 Å². The molecule has 4 rings (SSSR count). The Morgan fingerprint density at radius 2 is 2.00 bits per heavy atom. The van der Waals surface area contributed by atoms with Gasteiger partial charge in [-0.3, -0.25) is 0 Å². The van der Waals surface area contributed by atoms with Gasteiger partial charge in [0.25, 0.3) is 0 Å². The maximum absolute atomic E-state index is 6.00. The quantitative estimate of drug-likeness (QED) is 0.716. The van der Waals surface area contributed by atoms with Gasteiger partial charge in [-0.1, -0.05) is 35.9 Å². The molecule has 0 saturated carbocycles. The highest BCUT2D eigenvalue weighted by Crippen LogP contribution is 2.32. The highest BCUT2D eigenvalue weighted by Gasteiger charge is 2.21. The number of benzene rings is 2. The van der Waals surface area contributed by atoms with E-state index in [9.17, 15) is 0 Å². The van der Waals surface area contributed by atoms with Crippen molar-refractivity contribution in [1.29, 1.82) is 0 Å². The van der Waals surface area contributed by atoms with Gasteiger partial charge in [0.05, 0.1) is 17.8 Å². The maximum atomic E-state index is 6.00. The maximum Gasteiger partial charge on any atom is 0.171 e. The van der Waals surface area contributed by atoms with Crippen LogP contribution in [-0.2, 0) is 11.3 Å². The van der Waals surface area contributed by atoms with Gasteiger partial charge in [0, 0.05) is 21.7 Å². The summed E-state index contributed by atoms with van der Waals surface area (Å²) in [4.78, 5) is 4.68. The zero-order chi connectivity index (χ0) is 14.2. The van der Waals surface area contributed by atoms with E-state index in [1.165, 1.54) is 0 Å². The highest BCUT2D eigenvalue weighted by atomic mass is 35.5. The van der Waals surface area contributed by atoms with Gasteiger partial charge >= 0.3 is 0 Å². The predicted molar refractivity (Wildman–Crippen MR) is 84.3 cm³/mol. The molecular weight excluding hydrogens is 284 g/mol. The van der Waals surface area contributed by atoms with Crippen molar-refractivity contribution >= 4 is 28.2 Å². The lowest BCUT2D eigenvalue weighted by Crippen LogP contribution is -2.21. The average molecular weight is 297 g/mol. The number of hydrogen-bond donors (Lipinski definition) is 1. The number of aromatic nitrogens is 1. The average Bonchev–Trinajstić information content (AvgIpc) is 2.54. The Labute approximate surface area is 127 Å². The van der Waals surface area contributed by atoms with Crippen LogP contribution in [0.1, 0.15) is 17.5 Å². The number of nitrogens with zero attached hydrogens (tertiary/aromatic N) is 1. The van der Waals surface area contributed by atoms with Crippen LogP contribution in [0, 0.1) is 0 Å². The molecular formula is C17H13ClN2O. The molecule has 0 spiro atoms. The van der Waals surface area contributed by atoms with Crippen molar-refractivity contribution in [3.05, 3.63) is 70.9 Å². The summed E-state index contributed by atoms with van der Waals surface area (Å²) < 4.78 is 5.86. The fraction of sp³-hybridized carbons (Fsp3) is 0.118. The van der Waals surface area contributed by atoms with E-state index in [-0.39, 0.29) is 6.23 Å². The summed E-state index contributed by atoms with van der Waals surface area (Å²) in [6, 6.07) is 17.9. The topological polar surface area (TPSA) is 34.1 Å². The molecule has 0 radical (unpaired) electrons. The Morgan fingerprint density at radius 3 is 2.95 bits per heavy atom. The molecule has 1 atom stereocenters. The van der Waals surface area contributed by atoms with Gasteiger partial charge in [-0.05, 0) is 30.3 Å². The lowest BCUT2D eigenvalue weighted by Gasteiger charge is -2.27. The number of nitrogens with one attached hydrogen (secondary N) is 1. The van der Waals surface area contributed by atoms with Crippen molar-refractivity contribution in [1.82, 2.24) is 4.98 Å². The van der Waals surface area contributed by atoms with Crippen molar-refractivity contribution in [2.45, 2.75) is 12.8 Å². The van der Waals surface area contributed by atoms with Crippen molar-refractivity contribution in [3.63, 3.8) is 0 Å². The molecule has 21 heavy (non-hydrogen) atoms. The van der Waals surface area contributed by atoms with Crippen LogP contribution in [0.3, 0.4) is 0 Å². The lowest BCUT2D eigenvalue weighted by molar-refractivity contribution is 0.0482. The Bertz CT molecular complexity index is 819. The van der Waals surface area contributed by atoms with E-state index in [0.29, 0.717) is 6.61 Å². The molecule has 1 unspecified atom stereocenters. The first-order chi connectivity index (χ1) is 10.3. The van der Waals surface area contributed by atoms with Gasteiger partial charge < -0.3 is 10.1 Å². The third-order valence-electron chi connectivity index (χ3n) is 3.65. The summed E-state index contributed by atoms with van der Waals surface area (Å²) in [7, 11) is 0. The second-order valence-electron chi connectivity index (χ2n) is 5.07. The summed E-state index contributed by atoms with van der Waals surface area (Å²) in [5, 5.41) is 5.21. The molecule has 104 valence electrons. The highest BCUT2D eigenvalue weighted by molar-refractivity contribution is 6.30. The van der Waals surface area contributed by atoms with Crippen molar-refractivity contribution in [2.75, 3.05) is 5.32 Å². The zero-order valence-corrected chi connectivity index (χ0v) is 12.0. The standard InChI is InChI=1S/C17H13ClN2O/c18-13-6-8-15-12(9-13)10-21-17(20-15)16-7-5-11-3-1-2-4-14(11)19-16/h1-9,17,20H,10H2. The lowest BCUT2D eigenvalue weighted by atomic mass is 10.1. The largest absolute Gasteiger partial charge is 0.355 e. The second-order valence-corrected chi connectivity index (χ2v) is 5.50. The second kappa shape index (κ2) is 5.02. The van der Waals surface area contributed by atoms with Crippen LogP contribution in [0.5, 0.6) is 0 Å². The van der Waals surface area contributed by atoms with Gasteiger partial charge in [-0.25, -0.2) is 4.98 Å². The minimum atomic E-state index is -0.233.